The number of nitrogens with zero attached hydrogens (tertiary/aromatic N) is 1. The zero-order valence-corrected chi connectivity index (χ0v) is 36.1. The van der Waals surface area contributed by atoms with Crippen molar-refractivity contribution in [3.05, 3.63) is 29.8 Å². The first-order chi connectivity index (χ1) is 20.6. The molecule has 0 aliphatic heterocycles. The largest absolute Gasteiger partial charge is 0.598 e. The fourth-order valence-electron chi connectivity index (χ4n) is 4.69. The van der Waals surface area contributed by atoms with Crippen molar-refractivity contribution in [2.24, 2.45) is 0 Å². The summed E-state index contributed by atoms with van der Waals surface area (Å²) in [5, 5.41) is 0.0903. The first kappa shape index (κ1) is 43.8. The molecule has 0 fully saturated rings. The van der Waals surface area contributed by atoms with Gasteiger partial charge in [0.1, 0.15) is 4.75 Å². The SMILES string of the molecule is CC[C@@H](CCC[C@@H](CO[Si](C)(C)C(C)(C)C)N(C(C)C)S(=O)(=O)c1ccc([C@@H](C)O[Si](C)(C)C(C)(C)C)cc1)N[S+]([O-])C(C)(C)C. The Morgan fingerprint density at radius 2 is 1.37 bits per heavy atom. The van der Waals surface area contributed by atoms with E-state index in [4.69, 9.17) is 8.85 Å². The van der Waals surface area contributed by atoms with Gasteiger partial charge in [-0.3, -0.25) is 0 Å². The van der Waals surface area contributed by atoms with Gasteiger partial charge in [0.05, 0.1) is 23.6 Å². The van der Waals surface area contributed by atoms with Gasteiger partial charge in [0.25, 0.3) is 0 Å². The van der Waals surface area contributed by atoms with Crippen LogP contribution in [0.5, 0.6) is 0 Å². The second-order valence-corrected chi connectivity index (χ2v) is 30.7. The smallest absolute Gasteiger partial charge is 0.243 e. The van der Waals surface area contributed by atoms with Gasteiger partial charge in [-0.05, 0) is 115 Å². The lowest BCUT2D eigenvalue weighted by molar-refractivity contribution is 0.160. The van der Waals surface area contributed by atoms with Gasteiger partial charge >= 0.3 is 0 Å². The zero-order valence-electron chi connectivity index (χ0n) is 32.5. The molecule has 0 aliphatic rings. The Hall–Kier alpha value is -0.246. The lowest BCUT2D eigenvalue weighted by Gasteiger charge is -2.40. The highest BCUT2D eigenvalue weighted by Crippen LogP contribution is 2.40. The molecule has 1 aromatic carbocycles. The van der Waals surface area contributed by atoms with Gasteiger partial charge in [-0.1, -0.05) is 67.0 Å². The second-order valence-electron chi connectivity index (χ2n) is 17.3. The van der Waals surface area contributed by atoms with Crippen LogP contribution in [0.25, 0.3) is 0 Å². The van der Waals surface area contributed by atoms with Gasteiger partial charge in [-0.25, -0.2) is 8.42 Å². The third kappa shape index (κ3) is 12.3. The molecule has 0 aliphatic carbocycles. The Morgan fingerprint density at radius 3 is 1.78 bits per heavy atom. The van der Waals surface area contributed by atoms with Crippen LogP contribution in [0.3, 0.4) is 0 Å². The van der Waals surface area contributed by atoms with Gasteiger partial charge in [0, 0.05) is 23.4 Å². The molecule has 1 unspecified atom stereocenters. The van der Waals surface area contributed by atoms with Crippen molar-refractivity contribution in [3.8, 4) is 0 Å². The van der Waals surface area contributed by atoms with Crippen molar-refractivity contribution in [3.63, 3.8) is 0 Å². The molecule has 270 valence electrons. The highest BCUT2D eigenvalue weighted by molar-refractivity contribution is 7.90. The molecule has 0 aromatic heterocycles. The number of hydrogen-bond donors (Lipinski definition) is 1. The van der Waals surface area contributed by atoms with Gasteiger partial charge < -0.3 is 13.4 Å². The molecule has 0 radical (unpaired) electrons. The third-order valence-electron chi connectivity index (χ3n) is 9.93. The van der Waals surface area contributed by atoms with Crippen LogP contribution in [-0.4, -0.2) is 63.4 Å². The molecule has 0 bridgehead atoms. The van der Waals surface area contributed by atoms with Crippen molar-refractivity contribution in [2.45, 2.75) is 186 Å². The summed E-state index contributed by atoms with van der Waals surface area (Å²) in [5.41, 5.74) is 0.975. The third-order valence-corrected chi connectivity index (χ3v) is 22.8. The highest BCUT2D eigenvalue weighted by atomic mass is 32.2. The fraction of sp³-hybridized carbons (Fsp3) is 0.829. The maximum Gasteiger partial charge on any atom is 0.243 e. The molecule has 0 saturated heterocycles. The summed E-state index contributed by atoms with van der Waals surface area (Å²) in [4.78, 5) is 0.287. The van der Waals surface area contributed by atoms with Crippen LogP contribution in [-0.2, 0) is 30.2 Å². The normalized spacial score (nSPS) is 17.0. The molecule has 1 aromatic rings. The number of rotatable bonds is 17. The number of sulfonamides is 1. The Kier molecular flexibility index (Phi) is 15.8. The Morgan fingerprint density at radius 1 is 0.870 bits per heavy atom. The average Bonchev–Trinajstić information content (AvgIpc) is 2.88. The van der Waals surface area contributed by atoms with E-state index in [1.807, 2.05) is 53.7 Å². The summed E-state index contributed by atoms with van der Waals surface area (Å²) in [6, 6.07) is 6.77. The van der Waals surface area contributed by atoms with Crippen LogP contribution in [0.4, 0.5) is 0 Å². The van der Waals surface area contributed by atoms with Gasteiger partial charge in [0.15, 0.2) is 16.6 Å². The Bertz CT molecular complexity index is 1170. The topological polar surface area (TPSA) is 90.9 Å². The molecule has 0 heterocycles. The monoisotopic (exact) mass is 718 g/mol. The molecule has 1 N–H and O–H groups in total. The Labute approximate surface area is 290 Å². The summed E-state index contributed by atoms with van der Waals surface area (Å²) in [5.74, 6) is 0. The van der Waals surface area contributed by atoms with Gasteiger partial charge in [0.2, 0.25) is 10.0 Å². The van der Waals surface area contributed by atoms with Crippen LogP contribution >= 0.6 is 0 Å². The summed E-state index contributed by atoms with van der Waals surface area (Å²) in [6.07, 6.45) is 2.97. The molecule has 46 heavy (non-hydrogen) atoms. The van der Waals surface area contributed by atoms with Gasteiger partial charge in [-0.2, -0.15) is 4.31 Å². The molecular weight excluding hydrogens is 649 g/mol. The maximum atomic E-state index is 14.4. The standard InChI is InChI=1S/C35H70N2O5S2Si2/c1-18-30(36-43(38)33(5,6)7)20-19-21-31(26-41-45(14,15)34(8,9)10)37(27(2)3)44(39,40)32-24-22-29(23-25-32)28(4)42-46(16,17)35(11,12)13/h22-25,27-28,30-31,36H,18-21,26H2,1-17H3/t28-,30+,31+,43?/m1/s1. The minimum absolute atomic E-state index is 0.00629. The van der Waals surface area contributed by atoms with E-state index in [1.165, 1.54) is 0 Å². The average molecular weight is 719 g/mol. The lowest BCUT2D eigenvalue weighted by atomic mass is 10.0. The van der Waals surface area contributed by atoms with E-state index in [-0.39, 0.29) is 43.9 Å². The van der Waals surface area contributed by atoms with E-state index in [9.17, 15) is 13.0 Å². The summed E-state index contributed by atoms with van der Waals surface area (Å²) in [6.45, 7) is 36.5. The Balaban J connectivity index is 3.37. The van der Waals surface area contributed by atoms with E-state index in [0.717, 1.165) is 24.8 Å². The summed E-state index contributed by atoms with van der Waals surface area (Å²) < 4.78 is 59.5. The highest BCUT2D eigenvalue weighted by Gasteiger charge is 2.41. The zero-order chi connectivity index (χ0) is 36.1. The van der Waals surface area contributed by atoms with Crippen LogP contribution in [0, 0.1) is 0 Å². The van der Waals surface area contributed by atoms with E-state index < -0.39 is 38.0 Å². The minimum atomic E-state index is -3.83. The summed E-state index contributed by atoms with van der Waals surface area (Å²) >= 11 is -1.16. The molecule has 7 nitrogen and oxygen atoms in total. The first-order valence-electron chi connectivity index (χ1n) is 17.2. The summed E-state index contributed by atoms with van der Waals surface area (Å²) in [7, 11) is -7.95. The molecule has 0 amide bonds. The number of hydrogen-bond acceptors (Lipinski definition) is 6. The molecule has 0 saturated carbocycles. The van der Waals surface area contributed by atoms with E-state index >= 15 is 0 Å². The van der Waals surface area contributed by atoms with E-state index in [1.54, 1.807) is 16.4 Å². The molecular formula is C35H70N2O5S2Si2. The number of benzene rings is 1. The molecule has 1 rings (SSSR count). The van der Waals surface area contributed by atoms with Crippen molar-refractivity contribution >= 4 is 38.0 Å². The second kappa shape index (κ2) is 16.6. The van der Waals surface area contributed by atoms with Gasteiger partial charge in [-0.15, -0.1) is 4.72 Å². The molecule has 4 atom stereocenters. The van der Waals surface area contributed by atoms with Crippen molar-refractivity contribution in [2.75, 3.05) is 6.61 Å². The van der Waals surface area contributed by atoms with Crippen LogP contribution in [0.1, 0.15) is 127 Å². The lowest BCUT2D eigenvalue weighted by Crippen LogP contribution is -2.50. The first-order valence-corrected chi connectivity index (χ1v) is 25.6. The molecule has 0 spiro atoms. The predicted octanol–water partition coefficient (Wildman–Crippen LogP) is 9.56. The van der Waals surface area contributed by atoms with Crippen molar-refractivity contribution in [1.29, 1.82) is 0 Å². The van der Waals surface area contributed by atoms with Crippen LogP contribution in [0.2, 0.25) is 36.3 Å². The van der Waals surface area contributed by atoms with E-state index in [0.29, 0.717) is 13.0 Å². The van der Waals surface area contributed by atoms with Crippen molar-refractivity contribution < 1.29 is 21.8 Å². The van der Waals surface area contributed by atoms with Crippen LogP contribution < -0.4 is 4.72 Å². The number of nitrogens with one attached hydrogen (secondary N) is 1. The van der Waals surface area contributed by atoms with Crippen LogP contribution in [0.15, 0.2) is 29.2 Å². The van der Waals surface area contributed by atoms with E-state index in [2.05, 4.69) is 79.4 Å². The predicted molar refractivity (Wildman–Crippen MR) is 203 cm³/mol. The quantitative estimate of drug-likeness (QED) is 0.127. The fourth-order valence-corrected chi connectivity index (χ4v) is 9.89. The maximum absolute atomic E-state index is 14.4. The minimum Gasteiger partial charge on any atom is -0.598 e. The molecule has 11 heteroatoms. The van der Waals surface area contributed by atoms with Crippen molar-refractivity contribution in [1.82, 2.24) is 9.03 Å².